The molecule has 0 fully saturated rings. The van der Waals surface area contributed by atoms with Crippen molar-refractivity contribution in [3.63, 3.8) is 0 Å². The lowest BCUT2D eigenvalue weighted by Gasteiger charge is -1.95. The quantitative estimate of drug-likeness (QED) is 0.538. The van der Waals surface area contributed by atoms with Crippen molar-refractivity contribution in [2.45, 2.75) is 0 Å². The first-order valence-corrected chi connectivity index (χ1v) is 3.80. The molecule has 6 heteroatoms. The summed E-state index contributed by atoms with van der Waals surface area (Å²) in [5.74, 6) is 0.923. The molecule has 0 unspecified atom stereocenters. The number of aromatic nitrogens is 2. The Morgan fingerprint density at radius 2 is 1.79 bits per heavy atom. The lowest BCUT2D eigenvalue weighted by Crippen LogP contribution is -2.00. The zero-order valence-corrected chi connectivity index (χ0v) is 7.38. The predicted molar refractivity (Wildman–Crippen MR) is 45.7 cm³/mol. The van der Waals surface area contributed by atoms with E-state index in [2.05, 4.69) is 20.0 Å². The van der Waals surface area contributed by atoms with E-state index in [1.807, 2.05) is 0 Å². The second-order valence-corrected chi connectivity index (χ2v) is 2.35. The Balaban J connectivity index is 2.40. The van der Waals surface area contributed by atoms with Gasteiger partial charge in [-0.1, -0.05) is 5.16 Å². The lowest BCUT2D eigenvalue weighted by molar-refractivity contribution is 0.212. The molecular weight excluding hydrogens is 186 g/mol. The summed E-state index contributed by atoms with van der Waals surface area (Å²) in [6.07, 6.45) is 5.63. The summed E-state index contributed by atoms with van der Waals surface area (Å²) in [5.41, 5.74) is 0.419. The van der Waals surface area contributed by atoms with Gasteiger partial charge in [-0.3, -0.25) is 0 Å². The first-order valence-electron chi connectivity index (χ1n) is 3.80. The maximum Gasteiger partial charge on any atom is 0.191 e. The van der Waals surface area contributed by atoms with Gasteiger partial charge in [0, 0.05) is 0 Å². The number of oxazole rings is 2. The molecule has 0 atom stereocenters. The Morgan fingerprint density at radius 1 is 1.21 bits per heavy atom. The van der Waals surface area contributed by atoms with E-state index in [0.29, 0.717) is 17.2 Å². The van der Waals surface area contributed by atoms with Gasteiger partial charge in [-0.05, 0) is 0 Å². The molecule has 0 aliphatic carbocycles. The number of hydrogen-bond donors (Lipinski definition) is 0. The molecule has 0 spiro atoms. The third kappa shape index (κ3) is 1.49. The Hall–Kier alpha value is -2.11. The first kappa shape index (κ1) is 8.49. The van der Waals surface area contributed by atoms with Crippen LogP contribution in [0.25, 0.3) is 0 Å². The van der Waals surface area contributed by atoms with Gasteiger partial charge in [-0.25, -0.2) is 9.97 Å². The van der Waals surface area contributed by atoms with Crippen molar-refractivity contribution >= 4 is 5.71 Å². The summed E-state index contributed by atoms with van der Waals surface area (Å²) in [4.78, 5) is 12.2. The number of nitrogens with zero attached hydrogens (tertiary/aromatic N) is 3. The smallest absolute Gasteiger partial charge is 0.191 e. The van der Waals surface area contributed by atoms with Crippen molar-refractivity contribution in [2.75, 3.05) is 7.11 Å². The number of hydrogen-bond acceptors (Lipinski definition) is 6. The van der Waals surface area contributed by atoms with Crippen molar-refractivity contribution in [1.82, 2.24) is 9.97 Å². The highest BCUT2D eigenvalue weighted by Gasteiger charge is 2.14. The van der Waals surface area contributed by atoms with E-state index in [0.717, 1.165) is 0 Å². The molecule has 6 nitrogen and oxygen atoms in total. The van der Waals surface area contributed by atoms with Crippen LogP contribution >= 0.6 is 0 Å². The van der Waals surface area contributed by atoms with E-state index in [1.165, 1.54) is 32.3 Å². The summed E-state index contributed by atoms with van der Waals surface area (Å²) in [6.45, 7) is 0. The molecule has 2 heterocycles. The third-order valence-electron chi connectivity index (χ3n) is 1.51. The van der Waals surface area contributed by atoms with Crippen LogP contribution < -0.4 is 0 Å². The summed E-state index contributed by atoms with van der Waals surface area (Å²) in [7, 11) is 1.44. The van der Waals surface area contributed by atoms with Gasteiger partial charge in [0.15, 0.2) is 30.0 Å². The highest BCUT2D eigenvalue weighted by Crippen LogP contribution is 2.09. The van der Waals surface area contributed by atoms with Crippen LogP contribution in [0.5, 0.6) is 0 Å². The van der Waals surface area contributed by atoms with E-state index in [9.17, 15) is 0 Å². The summed E-state index contributed by atoms with van der Waals surface area (Å²) in [5, 5.41) is 3.76. The van der Waals surface area contributed by atoms with Gasteiger partial charge in [-0.15, -0.1) is 0 Å². The van der Waals surface area contributed by atoms with Crippen LogP contribution in [0, 0.1) is 0 Å². The molecule has 2 aromatic rings. The molecule has 0 amide bonds. The Bertz CT molecular complexity index is 369. The van der Waals surface area contributed by atoms with E-state index in [-0.39, 0.29) is 0 Å². The SMILES string of the molecule is CON=C(c1cnco1)c1cnco1. The molecule has 0 N–H and O–H groups in total. The Morgan fingerprint density at radius 3 is 2.14 bits per heavy atom. The third-order valence-corrected chi connectivity index (χ3v) is 1.51. The fraction of sp³-hybridized carbons (Fsp3) is 0.125. The predicted octanol–water partition coefficient (Wildman–Crippen LogP) is 1.06. The van der Waals surface area contributed by atoms with Crippen LogP contribution in [0.3, 0.4) is 0 Å². The highest BCUT2D eigenvalue weighted by atomic mass is 16.6. The second-order valence-electron chi connectivity index (χ2n) is 2.35. The van der Waals surface area contributed by atoms with Crippen LogP contribution in [0.1, 0.15) is 11.5 Å². The topological polar surface area (TPSA) is 73.7 Å². The second kappa shape index (κ2) is 3.73. The van der Waals surface area contributed by atoms with Gasteiger partial charge < -0.3 is 13.7 Å². The lowest BCUT2D eigenvalue weighted by atomic mass is 10.2. The largest absolute Gasteiger partial charge is 0.442 e. The highest BCUT2D eigenvalue weighted by molar-refractivity contribution is 6.08. The maximum absolute atomic E-state index is 5.06. The maximum atomic E-state index is 5.06. The van der Waals surface area contributed by atoms with E-state index in [1.54, 1.807) is 0 Å². The number of oxime groups is 1. The van der Waals surface area contributed by atoms with Gasteiger partial charge in [0.05, 0.1) is 12.4 Å². The first-order chi connectivity index (χ1) is 6.92. The summed E-state index contributed by atoms with van der Waals surface area (Å²) in [6, 6.07) is 0. The summed E-state index contributed by atoms with van der Waals surface area (Å²) >= 11 is 0. The minimum Gasteiger partial charge on any atom is -0.442 e. The molecule has 0 saturated carbocycles. The molecule has 2 aromatic heterocycles. The summed E-state index contributed by atoms with van der Waals surface area (Å²) < 4.78 is 10.1. The average molecular weight is 193 g/mol. The molecule has 0 saturated heterocycles. The van der Waals surface area contributed by atoms with Crippen molar-refractivity contribution in [2.24, 2.45) is 5.16 Å². The minimum atomic E-state index is 0.419. The van der Waals surface area contributed by atoms with Gasteiger partial charge in [0.1, 0.15) is 7.11 Å². The normalized spacial score (nSPS) is 9.79. The number of rotatable bonds is 3. The van der Waals surface area contributed by atoms with E-state index in [4.69, 9.17) is 8.83 Å². The van der Waals surface area contributed by atoms with Crippen LogP contribution in [-0.4, -0.2) is 22.8 Å². The molecule has 14 heavy (non-hydrogen) atoms. The molecule has 0 radical (unpaired) electrons. The average Bonchev–Trinajstić information content (AvgIpc) is 2.87. The van der Waals surface area contributed by atoms with Crippen molar-refractivity contribution in [3.8, 4) is 0 Å². The molecule has 0 aliphatic heterocycles. The van der Waals surface area contributed by atoms with Gasteiger partial charge in [0.25, 0.3) is 0 Å². The van der Waals surface area contributed by atoms with E-state index >= 15 is 0 Å². The zero-order chi connectivity index (χ0) is 9.80. The van der Waals surface area contributed by atoms with Crippen molar-refractivity contribution in [3.05, 3.63) is 36.7 Å². The van der Waals surface area contributed by atoms with Crippen LogP contribution in [0.15, 0.2) is 39.2 Å². The molecule has 0 aromatic carbocycles. The zero-order valence-electron chi connectivity index (χ0n) is 7.38. The fourth-order valence-corrected chi connectivity index (χ4v) is 0.968. The Labute approximate surface area is 79.2 Å². The van der Waals surface area contributed by atoms with Crippen LogP contribution in [0.2, 0.25) is 0 Å². The molecule has 72 valence electrons. The standard InChI is InChI=1S/C8H7N3O3/c1-12-11-8(6-2-9-4-13-6)7-3-10-5-14-7/h2-5H,1H3. The van der Waals surface area contributed by atoms with Gasteiger partial charge in [0.2, 0.25) is 0 Å². The molecule has 2 rings (SSSR count). The van der Waals surface area contributed by atoms with Crippen molar-refractivity contribution in [1.29, 1.82) is 0 Å². The van der Waals surface area contributed by atoms with E-state index < -0.39 is 0 Å². The fourth-order valence-electron chi connectivity index (χ4n) is 0.968. The van der Waals surface area contributed by atoms with Crippen LogP contribution in [-0.2, 0) is 4.84 Å². The van der Waals surface area contributed by atoms with Gasteiger partial charge in [-0.2, -0.15) is 0 Å². The molecule has 0 bridgehead atoms. The van der Waals surface area contributed by atoms with Gasteiger partial charge >= 0.3 is 0 Å². The van der Waals surface area contributed by atoms with Crippen molar-refractivity contribution < 1.29 is 13.7 Å². The van der Waals surface area contributed by atoms with Crippen LogP contribution in [0.4, 0.5) is 0 Å². The minimum absolute atomic E-state index is 0.419. The molecule has 0 aliphatic rings. The monoisotopic (exact) mass is 193 g/mol. The molecular formula is C8H7N3O3. The Kier molecular flexibility index (Phi) is 2.26.